The minimum absolute atomic E-state index is 0.00634. The number of amides is 2. The van der Waals surface area contributed by atoms with E-state index in [1.54, 1.807) is 4.90 Å². The van der Waals surface area contributed by atoms with Crippen molar-refractivity contribution in [1.29, 1.82) is 0 Å². The molecule has 1 aliphatic rings. The minimum Gasteiger partial charge on any atom is -0.330 e. The molecule has 0 saturated carbocycles. The molecule has 0 bridgehead atoms. The van der Waals surface area contributed by atoms with Crippen molar-refractivity contribution in [3.8, 4) is 0 Å². The summed E-state index contributed by atoms with van der Waals surface area (Å²) in [4.78, 5) is 25.7. The highest BCUT2D eigenvalue weighted by Crippen LogP contribution is 2.29. The molecule has 5 nitrogen and oxygen atoms in total. The summed E-state index contributed by atoms with van der Waals surface area (Å²) in [5.74, 6) is 0.135. The van der Waals surface area contributed by atoms with Crippen LogP contribution in [0.4, 0.5) is 11.4 Å². The van der Waals surface area contributed by atoms with Crippen molar-refractivity contribution in [2.75, 3.05) is 23.3 Å². The Bertz CT molecular complexity index is 516. The molecule has 0 aliphatic carbocycles. The number of anilines is 2. The molecule has 2 rings (SSSR count). The highest BCUT2D eigenvalue weighted by molar-refractivity contribution is 6.02. The molecule has 0 atom stereocenters. The lowest BCUT2D eigenvalue weighted by molar-refractivity contribution is -0.117. The van der Waals surface area contributed by atoms with Gasteiger partial charge in [-0.05, 0) is 37.9 Å². The number of nitrogens with one attached hydrogen (secondary N) is 1. The molecular formula is C17H25N3O2. The van der Waals surface area contributed by atoms with E-state index in [-0.39, 0.29) is 11.8 Å². The molecule has 0 aromatic heterocycles. The minimum atomic E-state index is 0.00634. The molecule has 5 heteroatoms. The summed E-state index contributed by atoms with van der Waals surface area (Å²) in [6.45, 7) is 1.44. The van der Waals surface area contributed by atoms with Crippen molar-refractivity contribution in [1.82, 2.24) is 0 Å². The average Bonchev–Trinajstić information content (AvgIpc) is 2.93. The summed E-state index contributed by atoms with van der Waals surface area (Å²) in [6.07, 6.45) is 5.95. The van der Waals surface area contributed by atoms with E-state index in [4.69, 9.17) is 5.73 Å². The first-order chi connectivity index (χ1) is 10.7. The van der Waals surface area contributed by atoms with E-state index < -0.39 is 0 Å². The molecule has 0 radical (unpaired) electrons. The second-order valence-electron chi connectivity index (χ2n) is 5.67. The van der Waals surface area contributed by atoms with Crippen LogP contribution in [0.5, 0.6) is 0 Å². The topological polar surface area (TPSA) is 75.4 Å². The molecule has 120 valence electrons. The number of nitrogens with zero attached hydrogens (tertiary/aromatic N) is 1. The summed E-state index contributed by atoms with van der Waals surface area (Å²) >= 11 is 0. The number of carbonyl (C=O) groups excluding carboxylic acids is 2. The van der Waals surface area contributed by atoms with E-state index >= 15 is 0 Å². The molecule has 1 aromatic rings. The number of benzene rings is 1. The predicted octanol–water partition coefficient (Wildman–Crippen LogP) is 2.66. The molecule has 2 amide bonds. The summed E-state index contributed by atoms with van der Waals surface area (Å²) in [7, 11) is 0. The lowest BCUT2D eigenvalue weighted by Crippen LogP contribution is -2.25. The maximum absolute atomic E-state index is 12.1. The Morgan fingerprint density at radius 2 is 1.95 bits per heavy atom. The Labute approximate surface area is 131 Å². The van der Waals surface area contributed by atoms with Crippen LogP contribution in [0.15, 0.2) is 24.3 Å². The molecule has 3 N–H and O–H groups in total. The van der Waals surface area contributed by atoms with Crippen molar-refractivity contribution in [3.63, 3.8) is 0 Å². The third-order valence-electron chi connectivity index (χ3n) is 3.90. The second-order valence-corrected chi connectivity index (χ2v) is 5.67. The van der Waals surface area contributed by atoms with Crippen molar-refractivity contribution >= 4 is 23.2 Å². The fraction of sp³-hybridized carbons (Fsp3) is 0.529. The van der Waals surface area contributed by atoms with Gasteiger partial charge in [-0.25, -0.2) is 0 Å². The van der Waals surface area contributed by atoms with Crippen LogP contribution >= 0.6 is 0 Å². The first kappa shape index (κ1) is 16.5. The number of rotatable bonds is 8. The van der Waals surface area contributed by atoms with Crippen molar-refractivity contribution < 1.29 is 9.59 Å². The van der Waals surface area contributed by atoms with Gasteiger partial charge in [0, 0.05) is 19.4 Å². The third kappa shape index (κ3) is 4.56. The van der Waals surface area contributed by atoms with E-state index in [9.17, 15) is 9.59 Å². The number of hydrogen-bond acceptors (Lipinski definition) is 3. The SMILES string of the molecule is NCCCCCCC(=O)Nc1ccccc1N1CCCC1=O. The van der Waals surface area contributed by atoms with Gasteiger partial charge in [-0.3, -0.25) is 9.59 Å². The molecule has 1 aromatic carbocycles. The first-order valence-electron chi connectivity index (χ1n) is 8.11. The van der Waals surface area contributed by atoms with Crippen LogP contribution < -0.4 is 16.0 Å². The van der Waals surface area contributed by atoms with Crippen LogP contribution in [-0.4, -0.2) is 24.9 Å². The summed E-state index contributed by atoms with van der Waals surface area (Å²) in [6, 6.07) is 7.51. The van der Waals surface area contributed by atoms with E-state index in [1.807, 2.05) is 24.3 Å². The van der Waals surface area contributed by atoms with Crippen molar-refractivity contribution in [2.24, 2.45) is 5.73 Å². The standard InChI is InChI=1S/C17H25N3O2/c18-12-6-2-1-3-10-16(21)19-14-8-4-5-9-15(14)20-13-7-11-17(20)22/h4-5,8-9H,1-3,6-7,10-13,18H2,(H,19,21). The number of para-hydroxylation sites is 2. The van der Waals surface area contributed by atoms with Crippen LogP contribution in [0, 0.1) is 0 Å². The molecule has 0 spiro atoms. The molecular weight excluding hydrogens is 278 g/mol. The highest BCUT2D eigenvalue weighted by Gasteiger charge is 2.23. The third-order valence-corrected chi connectivity index (χ3v) is 3.90. The second kappa shape index (κ2) is 8.54. The molecule has 22 heavy (non-hydrogen) atoms. The van der Waals surface area contributed by atoms with Gasteiger partial charge in [0.15, 0.2) is 0 Å². The highest BCUT2D eigenvalue weighted by atomic mass is 16.2. The zero-order valence-corrected chi connectivity index (χ0v) is 13.0. The van der Waals surface area contributed by atoms with Crippen molar-refractivity contribution in [3.05, 3.63) is 24.3 Å². The molecule has 1 aliphatic heterocycles. The van der Waals surface area contributed by atoms with E-state index in [2.05, 4.69) is 5.32 Å². The Balaban J connectivity index is 1.89. The maximum atomic E-state index is 12.1. The molecule has 1 heterocycles. The van der Waals surface area contributed by atoms with Crippen LogP contribution in [0.3, 0.4) is 0 Å². The van der Waals surface area contributed by atoms with E-state index in [0.717, 1.165) is 50.0 Å². The van der Waals surface area contributed by atoms with Crippen LogP contribution in [0.25, 0.3) is 0 Å². The van der Waals surface area contributed by atoms with E-state index in [1.165, 1.54) is 0 Å². The lowest BCUT2D eigenvalue weighted by atomic mass is 10.1. The van der Waals surface area contributed by atoms with E-state index in [0.29, 0.717) is 19.4 Å². The quantitative estimate of drug-likeness (QED) is 0.725. The van der Waals surface area contributed by atoms with Gasteiger partial charge in [0.1, 0.15) is 0 Å². The Kier molecular flexibility index (Phi) is 6.40. The zero-order chi connectivity index (χ0) is 15.8. The Morgan fingerprint density at radius 3 is 2.68 bits per heavy atom. The van der Waals surface area contributed by atoms with Gasteiger partial charge in [-0.2, -0.15) is 0 Å². The van der Waals surface area contributed by atoms with Gasteiger partial charge >= 0.3 is 0 Å². The van der Waals surface area contributed by atoms with Crippen LogP contribution in [-0.2, 0) is 9.59 Å². The smallest absolute Gasteiger partial charge is 0.227 e. The fourth-order valence-corrected chi connectivity index (χ4v) is 2.71. The largest absolute Gasteiger partial charge is 0.330 e. The van der Waals surface area contributed by atoms with Crippen LogP contribution in [0.1, 0.15) is 44.9 Å². The van der Waals surface area contributed by atoms with Gasteiger partial charge < -0.3 is 16.0 Å². The average molecular weight is 303 g/mol. The summed E-state index contributed by atoms with van der Waals surface area (Å²) < 4.78 is 0. The summed E-state index contributed by atoms with van der Waals surface area (Å²) in [5, 5.41) is 2.94. The van der Waals surface area contributed by atoms with Gasteiger partial charge in [0.2, 0.25) is 11.8 Å². The normalized spacial score (nSPS) is 14.4. The lowest BCUT2D eigenvalue weighted by Gasteiger charge is -2.20. The maximum Gasteiger partial charge on any atom is 0.227 e. The Morgan fingerprint density at radius 1 is 1.18 bits per heavy atom. The Hall–Kier alpha value is -1.88. The van der Waals surface area contributed by atoms with Gasteiger partial charge in [-0.15, -0.1) is 0 Å². The number of hydrogen-bond donors (Lipinski definition) is 2. The van der Waals surface area contributed by atoms with Gasteiger partial charge in [0.05, 0.1) is 11.4 Å². The van der Waals surface area contributed by atoms with Gasteiger partial charge in [0.25, 0.3) is 0 Å². The monoisotopic (exact) mass is 303 g/mol. The zero-order valence-electron chi connectivity index (χ0n) is 13.0. The first-order valence-corrected chi connectivity index (χ1v) is 8.11. The molecule has 0 unspecified atom stereocenters. The van der Waals surface area contributed by atoms with Crippen molar-refractivity contribution in [2.45, 2.75) is 44.9 Å². The summed E-state index contributed by atoms with van der Waals surface area (Å²) in [5.41, 5.74) is 6.98. The number of unbranched alkanes of at least 4 members (excludes halogenated alkanes) is 3. The predicted molar refractivity (Wildman–Crippen MR) is 88.8 cm³/mol. The van der Waals surface area contributed by atoms with Gasteiger partial charge in [-0.1, -0.05) is 25.0 Å². The molecule has 1 saturated heterocycles. The number of nitrogens with two attached hydrogens (primary N) is 1. The van der Waals surface area contributed by atoms with Crippen LogP contribution in [0.2, 0.25) is 0 Å². The number of carbonyl (C=O) groups is 2. The fourth-order valence-electron chi connectivity index (χ4n) is 2.71. The molecule has 1 fully saturated rings.